The van der Waals surface area contributed by atoms with E-state index in [9.17, 15) is 0 Å². The highest BCUT2D eigenvalue weighted by molar-refractivity contribution is 7.27. The van der Waals surface area contributed by atoms with Gasteiger partial charge in [0.1, 0.15) is 0 Å². The molecule has 0 amide bonds. The van der Waals surface area contributed by atoms with Crippen LogP contribution in [-0.4, -0.2) is 40.3 Å². The Bertz CT molecular complexity index is 1750. The van der Waals surface area contributed by atoms with Gasteiger partial charge in [0.05, 0.1) is 6.10 Å². The summed E-state index contributed by atoms with van der Waals surface area (Å²) in [5, 5.41) is 0. The first-order valence-electron chi connectivity index (χ1n) is 20.1. The van der Waals surface area contributed by atoms with Crippen molar-refractivity contribution in [3.8, 4) is 35.7 Å². The fourth-order valence-electron chi connectivity index (χ4n) is 7.62. The van der Waals surface area contributed by atoms with Crippen molar-refractivity contribution in [1.29, 1.82) is 0 Å². The predicted molar refractivity (Wildman–Crippen MR) is 240 cm³/mol. The van der Waals surface area contributed by atoms with Gasteiger partial charge in [0.25, 0.3) is 0 Å². The molecule has 3 aromatic heterocycles. The zero-order valence-electron chi connectivity index (χ0n) is 34.1. The molecule has 0 radical (unpaired) electrons. The third-order valence-electron chi connectivity index (χ3n) is 9.58. The van der Waals surface area contributed by atoms with Crippen molar-refractivity contribution in [3.63, 3.8) is 0 Å². The molecular weight excluding hydrogens is 800 g/mol. The molecule has 4 aromatic rings. The number of ether oxygens (including phenoxy) is 1. The molecule has 298 valence electrons. The lowest BCUT2D eigenvalue weighted by atomic mass is 10.1. The minimum atomic E-state index is -2.36. The van der Waals surface area contributed by atoms with Crippen LogP contribution in [0.5, 0.6) is 5.75 Å². The number of thiophene rings is 3. The van der Waals surface area contributed by atoms with Crippen LogP contribution in [0.15, 0.2) is 54.6 Å². The average Bonchev–Trinajstić information content (AvgIpc) is 3.84. The van der Waals surface area contributed by atoms with Gasteiger partial charge >= 0.3 is 34.2 Å². The van der Waals surface area contributed by atoms with Gasteiger partial charge in [0, 0.05) is 29.3 Å². The Labute approximate surface area is 341 Å². The molecule has 13 heteroatoms. The topological polar surface area (TPSA) is 46.2 Å². The van der Waals surface area contributed by atoms with Crippen molar-refractivity contribution in [1.82, 2.24) is 0 Å². The van der Waals surface area contributed by atoms with Gasteiger partial charge in [-0.15, -0.1) is 34.0 Å². The van der Waals surface area contributed by atoms with Gasteiger partial charge in [-0.3, -0.25) is 0 Å². The number of halogens is 1. The summed E-state index contributed by atoms with van der Waals surface area (Å²) < 4.78 is 47.5. The monoisotopic (exact) mass is 862 g/mol. The minimum absolute atomic E-state index is 0.0120. The Balaban J connectivity index is 1.03. The Kier molecular flexibility index (Phi) is 15.8. The van der Waals surface area contributed by atoms with E-state index in [1.54, 1.807) is 23.5 Å². The fraction of sp³-hybridized carbons (Fsp3) is 0.561. The SMILES string of the molecule is CCCCCC[C@H](C)Oc1ccc(-c2ccc(-c3ccc(-c4ccc(CCCCCCCC[Si]5(C)O[Si](C)(C)O[Si](C)(C)O[Si](C)(C)O5)s4)s3)s2)cc1F. The molecular formula is C41H63FO5S3Si4. The van der Waals surface area contributed by atoms with Crippen molar-refractivity contribution in [2.24, 2.45) is 0 Å². The van der Waals surface area contributed by atoms with Gasteiger partial charge in [0.2, 0.25) is 0 Å². The lowest BCUT2D eigenvalue weighted by Crippen LogP contribution is -2.64. The number of hydrogen-bond donors (Lipinski definition) is 0. The second-order valence-corrected chi connectivity index (χ2v) is 34.1. The van der Waals surface area contributed by atoms with Crippen LogP contribution in [0.4, 0.5) is 4.39 Å². The van der Waals surface area contributed by atoms with Gasteiger partial charge in [0.15, 0.2) is 11.6 Å². The third-order valence-corrected chi connectivity index (χ3v) is 29.8. The lowest BCUT2D eigenvalue weighted by Gasteiger charge is -2.47. The van der Waals surface area contributed by atoms with Crippen molar-refractivity contribution < 1.29 is 25.6 Å². The van der Waals surface area contributed by atoms with Crippen LogP contribution in [0.25, 0.3) is 29.9 Å². The molecule has 0 bridgehead atoms. The lowest BCUT2D eigenvalue weighted by molar-refractivity contribution is 0.197. The first kappa shape index (κ1) is 43.9. The van der Waals surface area contributed by atoms with Gasteiger partial charge < -0.3 is 21.2 Å². The van der Waals surface area contributed by atoms with Gasteiger partial charge in [-0.2, -0.15) is 0 Å². The van der Waals surface area contributed by atoms with Crippen molar-refractivity contribution in [2.75, 3.05) is 0 Å². The summed E-state index contributed by atoms with van der Waals surface area (Å²) in [5.41, 5.74) is 0.893. The Morgan fingerprint density at radius 2 is 1.11 bits per heavy atom. The first-order valence-corrected chi connectivity index (χ1v) is 33.5. The van der Waals surface area contributed by atoms with Gasteiger partial charge in [-0.1, -0.05) is 58.3 Å². The zero-order chi connectivity index (χ0) is 39.0. The number of rotatable bonds is 19. The third kappa shape index (κ3) is 13.4. The summed E-state index contributed by atoms with van der Waals surface area (Å²) in [6, 6.07) is 19.7. The van der Waals surface area contributed by atoms with E-state index in [1.165, 1.54) is 75.8 Å². The number of unbranched alkanes of at least 4 members (excludes halogenated alkanes) is 8. The summed E-state index contributed by atoms with van der Waals surface area (Å²) in [5.74, 6) is 0.0553. The molecule has 1 fully saturated rings. The molecule has 0 aliphatic carbocycles. The molecule has 1 aliphatic rings. The zero-order valence-corrected chi connectivity index (χ0v) is 40.6. The van der Waals surface area contributed by atoms with Crippen LogP contribution in [-0.2, 0) is 22.9 Å². The van der Waals surface area contributed by atoms with Crippen LogP contribution >= 0.6 is 34.0 Å². The quantitative estimate of drug-likeness (QED) is 0.0694. The predicted octanol–water partition coefficient (Wildman–Crippen LogP) is 14.9. The standard InChI is InChI=1S/C41H63FO5S3Si4/c1-10-11-12-17-20-32(2)43-36-24-22-33(31-35(36)42)37-26-27-40(49-37)41-29-28-39(50-41)38-25-23-34(48-38)21-18-15-13-14-16-19-30-54(9)46-52(5,6)44-51(3,4)45-53(7,8)47-54/h22-29,31-32H,10-21,30H2,1-9H3/t32-/m0/s1. The highest BCUT2D eigenvalue weighted by atomic mass is 32.1. The van der Waals surface area contributed by atoms with E-state index in [-0.39, 0.29) is 11.9 Å². The molecule has 1 aliphatic heterocycles. The summed E-state index contributed by atoms with van der Waals surface area (Å²) in [7, 11) is -9.20. The van der Waals surface area contributed by atoms with Crippen molar-refractivity contribution >= 4 is 68.3 Å². The Morgan fingerprint density at radius 3 is 1.74 bits per heavy atom. The first-order chi connectivity index (χ1) is 25.5. The average molecular weight is 863 g/mol. The maximum absolute atomic E-state index is 15.0. The second kappa shape index (κ2) is 19.5. The minimum Gasteiger partial charge on any atom is -0.488 e. The van der Waals surface area contributed by atoms with E-state index >= 15 is 4.39 Å². The number of benzene rings is 1. The van der Waals surface area contributed by atoms with E-state index < -0.39 is 34.2 Å². The van der Waals surface area contributed by atoms with Crippen LogP contribution in [0, 0.1) is 5.82 Å². The summed E-state index contributed by atoms with van der Waals surface area (Å²) >= 11 is 5.48. The van der Waals surface area contributed by atoms with E-state index in [0.717, 1.165) is 42.2 Å². The second-order valence-electron chi connectivity index (χ2n) is 16.4. The van der Waals surface area contributed by atoms with Gasteiger partial charge in [-0.25, -0.2) is 4.39 Å². The highest BCUT2D eigenvalue weighted by Gasteiger charge is 2.52. The van der Waals surface area contributed by atoms with Crippen LogP contribution in [0.3, 0.4) is 0 Å². The Morgan fingerprint density at radius 1 is 0.593 bits per heavy atom. The molecule has 0 unspecified atom stereocenters. The van der Waals surface area contributed by atoms with Crippen LogP contribution in [0.2, 0.25) is 51.9 Å². The number of aryl methyl sites for hydroxylation is 1. The van der Waals surface area contributed by atoms with Crippen LogP contribution in [0.1, 0.15) is 89.4 Å². The summed E-state index contributed by atoms with van der Waals surface area (Å²) in [6.07, 6.45) is 14.3. The van der Waals surface area contributed by atoms with E-state index in [2.05, 4.69) is 89.2 Å². The molecule has 4 heterocycles. The molecule has 0 spiro atoms. The molecule has 0 N–H and O–H groups in total. The molecule has 1 aromatic carbocycles. The summed E-state index contributed by atoms with van der Waals surface area (Å²) in [4.78, 5) is 7.64. The molecule has 5 rings (SSSR count). The maximum atomic E-state index is 15.0. The van der Waals surface area contributed by atoms with Crippen LogP contribution < -0.4 is 4.74 Å². The van der Waals surface area contributed by atoms with E-state index in [0.29, 0.717) is 5.75 Å². The number of hydrogen-bond acceptors (Lipinski definition) is 8. The molecule has 1 saturated heterocycles. The highest BCUT2D eigenvalue weighted by Crippen LogP contribution is 2.42. The van der Waals surface area contributed by atoms with Crippen molar-refractivity contribution in [3.05, 3.63) is 65.3 Å². The molecule has 1 atom stereocenters. The largest absolute Gasteiger partial charge is 0.488 e. The maximum Gasteiger partial charge on any atom is 0.317 e. The normalized spacial score (nSPS) is 18.3. The summed E-state index contributed by atoms with van der Waals surface area (Å²) in [6.45, 7) is 19.3. The Hall–Kier alpha value is -1.24. The molecule has 0 saturated carbocycles. The van der Waals surface area contributed by atoms with E-state index in [4.69, 9.17) is 21.2 Å². The molecule has 5 nitrogen and oxygen atoms in total. The smallest absolute Gasteiger partial charge is 0.317 e. The fourth-order valence-corrected chi connectivity index (χ4v) is 32.5. The molecule has 54 heavy (non-hydrogen) atoms. The van der Waals surface area contributed by atoms with Gasteiger partial charge in [-0.05, 0) is 145 Å². The van der Waals surface area contributed by atoms with E-state index in [1.807, 2.05) is 35.7 Å². The van der Waals surface area contributed by atoms with Crippen molar-refractivity contribution in [2.45, 2.75) is 149 Å².